The molecule has 0 bridgehead atoms. The van der Waals surface area contributed by atoms with Crippen LogP contribution in [-0.2, 0) is 0 Å². The summed E-state index contributed by atoms with van der Waals surface area (Å²) in [5.41, 5.74) is 11.3. The lowest BCUT2D eigenvalue weighted by atomic mass is 10.2. The van der Waals surface area contributed by atoms with E-state index in [0.717, 1.165) is 11.3 Å². The van der Waals surface area contributed by atoms with E-state index in [1.54, 1.807) is 30.5 Å². The highest BCUT2D eigenvalue weighted by atomic mass is 35.5. The number of hydrogen-bond acceptors (Lipinski definition) is 6. The van der Waals surface area contributed by atoms with E-state index in [4.69, 9.17) is 27.3 Å². The molecular weight excluding hydrogens is 462 g/mol. The van der Waals surface area contributed by atoms with Crippen molar-refractivity contribution in [3.8, 4) is 0 Å². The number of fused-ring (bicyclic) bond motifs is 2. The van der Waals surface area contributed by atoms with E-state index < -0.39 is 5.91 Å². The average molecular weight is 484 g/mol. The molecular formula is C26H22ClN7O. The van der Waals surface area contributed by atoms with Gasteiger partial charge in [0, 0.05) is 30.5 Å². The van der Waals surface area contributed by atoms with Crippen molar-refractivity contribution in [1.29, 1.82) is 0 Å². The van der Waals surface area contributed by atoms with Crippen LogP contribution in [0.3, 0.4) is 0 Å². The number of carbonyl (C=O) groups is 1. The number of para-hydroxylation sites is 2. The summed E-state index contributed by atoms with van der Waals surface area (Å²) in [6.45, 7) is 0. The third kappa shape index (κ3) is 4.39. The Kier molecular flexibility index (Phi) is 5.80. The van der Waals surface area contributed by atoms with Crippen LogP contribution < -0.4 is 16.0 Å². The van der Waals surface area contributed by atoms with E-state index in [-0.39, 0.29) is 11.4 Å². The first kappa shape index (κ1) is 22.4. The number of nitrogen functional groups attached to an aromatic ring is 1. The summed E-state index contributed by atoms with van der Waals surface area (Å²) in [6, 6.07) is 22.2. The van der Waals surface area contributed by atoms with Crippen LogP contribution in [0, 0.1) is 0 Å². The van der Waals surface area contributed by atoms with Gasteiger partial charge in [-0.25, -0.2) is 9.97 Å². The van der Waals surface area contributed by atoms with E-state index >= 15 is 0 Å². The van der Waals surface area contributed by atoms with Gasteiger partial charge in [0.05, 0.1) is 17.2 Å². The number of hydrogen-bond donors (Lipinski definition) is 2. The zero-order valence-corrected chi connectivity index (χ0v) is 19.9. The van der Waals surface area contributed by atoms with Gasteiger partial charge in [0.2, 0.25) is 0 Å². The van der Waals surface area contributed by atoms with Gasteiger partial charge >= 0.3 is 0 Å². The Morgan fingerprint density at radius 3 is 2.31 bits per heavy atom. The number of nitrogens with two attached hydrogens (primary N) is 1. The topological polar surface area (TPSA) is 101 Å². The minimum absolute atomic E-state index is 0.142. The van der Waals surface area contributed by atoms with Crippen molar-refractivity contribution in [2.45, 2.75) is 0 Å². The molecule has 3 N–H and O–H groups in total. The molecule has 0 radical (unpaired) electrons. The van der Waals surface area contributed by atoms with E-state index in [1.807, 2.05) is 67.5 Å². The van der Waals surface area contributed by atoms with Crippen LogP contribution in [0.2, 0.25) is 5.02 Å². The number of amides is 1. The van der Waals surface area contributed by atoms with Gasteiger partial charge in [-0.15, -0.1) is 0 Å². The van der Waals surface area contributed by atoms with Crippen LogP contribution in [0.4, 0.5) is 17.2 Å². The van der Waals surface area contributed by atoms with Crippen LogP contribution in [0.25, 0.3) is 22.2 Å². The van der Waals surface area contributed by atoms with Crippen molar-refractivity contribution in [3.05, 3.63) is 88.9 Å². The second kappa shape index (κ2) is 9.08. The lowest BCUT2D eigenvalue weighted by Crippen LogP contribution is -2.14. The number of halogens is 1. The summed E-state index contributed by atoms with van der Waals surface area (Å²) in [7, 11) is 3.96. The van der Waals surface area contributed by atoms with Gasteiger partial charge in [0.15, 0.2) is 5.65 Å². The molecule has 5 aromatic rings. The van der Waals surface area contributed by atoms with Gasteiger partial charge < -0.3 is 16.0 Å². The average Bonchev–Trinajstić information content (AvgIpc) is 3.13. The highest BCUT2D eigenvalue weighted by Crippen LogP contribution is 2.29. The summed E-state index contributed by atoms with van der Waals surface area (Å²) in [6.07, 6.45) is 1.67. The Hall–Kier alpha value is -4.43. The predicted octanol–water partition coefficient (Wildman–Crippen LogP) is 5.02. The SMILES string of the molecule is CN(C)c1ccc(C=Nn2c(N)c(C(=O)Nc3ccc(Cl)cc3)c3nc4ccccc4nc32)cc1. The predicted molar refractivity (Wildman–Crippen MR) is 143 cm³/mol. The summed E-state index contributed by atoms with van der Waals surface area (Å²) in [5, 5.41) is 7.99. The number of carbonyl (C=O) groups excluding carboxylic acids is 1. The van der Waals surface area contributed by atoms with Crippen molar-refractivity contribution < 1.29 is 4.79 Å². The van der Waals surface area contributed by atoms with E-state index in [0.29, 0.717) is 32.9 Å². The second-order valence-electron chi connectivity index (χ2n) is 8.15. The molecule has 0 spiro atoms. The lowest BCUT2D eigenvalue weighted by molar-refractivity contribution is 0.102. The molecule has 35 heavy (non-hydrogen) atoms. The van der Waals surface area contributed by atoms with Gasteiger partial charge in [-0.2, -0.15) is 9.78 Å². The van der Waals surface area contributed by atoms with Crippen molar-refractivity contribution in [2.24, 2.45) is 5.10 Å². The number of rotatable bonds is 5. The maximum absolute atomic E-state index is 13.3. The maximum atomic E-state index is 13.3. The van der Waals surface area contributed by atoms with Crippen LogP contribution >= 0.6 is 11.6 Å². The molecule has 1 amide bonds. The second-order valence-corrected chi connectivity index (χ2v) is 8.58. The number of nitrogens with zero attached hydrogens (tertiary/aromatic N) is 5. The Morgan fingerprint density at radius 2 is 1.66 bits per heavy atom. The van der Waals surface area contributed by atoms with Gasteiger partial charge in [0.1, 0.15) is 16.9 Å². The fourth-order valence-corrected chi connectivity index (χ4v) is 3.82. The van der Waals surface area contributed by atoms with Crippen molar-refractivity contribution >= 4 is 63.1 Å². The molecule has 0 saturated heterocycles. The first-order chi connectivity index (χ1) is 16.9. The molecule has 0 saturated carbocycles. The molecule has 0 atom stereocenters. The fraction of sp³-hybridized carbons (Fsp3) is 0.0769. The van der Waals surface area contributed by atoms with Gasteiger partial charge in [-0.3, -0.25) is 4.79 Å². The van der Waals surface area contributed by atoms with Crippen LogP contribution in [0.1, 0.15) is 15.9 Å². The van der Waals surface area contributed by atoms with E-state index in [2.05, 4.69) is 10.4 Å². The number of nitrogens with one attached hydrogen (secondary N) is 1. The summed E-state index contributed by atoms with van der Waals surface area (Å²) in [5.74, 6) is -0.272. The quantitative estimate of drug-likeness (QED) is 0.342. The highest BCUT2D eigenvalue weighted by molar-refractivity contribution is 6.30. The van der Waals surface area contributed by atoms with E-state index in [9.17, 15) is 4.79 Å². The molecule has 0 unspecified atom stereocenters. The molecule has 0 aliphatic rings. The van der Waals surface area contributed by atoms with Gasteiger partial charge in [0.25, 0.3) is 5.91 Å². The Morgan fingerprint density at radius 1 is 1.00 bits per heavy atom. The highest BCUT2D eigenvalue weighted by Gasteiger charge is 2.24. The first-order valence-electron chi connectivity index (χ1n) is 10.9. The first-order valence-corrected chi connectivity index (χ1v) is 11.2. The minimum Gasteiger partial charge on any atom is -0.383 e. The lowest BCUT2D eigenvalue weighted by Gasteiger charge is -2.11. The molecule has 0 aliphatic heterocycles. The standard InChI is InChI=1S/C26H22ClN7O/c1-33(2)19-13-7-16(8-14-19)15-29-34-24(28)22(26(35)30-18-11-9-17(27)10-12-18)23-25(34)32-21-6-4-3-5-20(21)31-23/h3-15H,28H2,1-2H3,(H,30,35). The molecule has 2 heterocycles. The molecule has 5 rings (SSSR count). The normalized spacial score (nSPS) is 11.4. The van der Waals surface area contributed by atoms with Crippen LogP contribution in [-0.4, -0.2) is 40.9 Å². The molecule has 0 aliphatic carbocycles. The van der Waals surface area contributed by atoms with Gasteiger partial charge in [-0.1, -0.05) is 35.9 Å². The summed E-state index contributed by atoms with van der Waals surface area (Å²) >= 11 is 5.96. The molecule has 9 heteroatoms. The zero-order valence-electron chi connectivity index (χ0n) is 19.1. The minimum atomic E-state index is -0.413. The van der Waals surface area contributed by atoms with Crippen molar-refractivity contribution in [2.75, 3.05) is 30.0 Å². The van der Waals surface area contributed by atoms with E-state index in [1.165, 1.54) is 4.68 Å². The number of benzene rings is 3. The number of anilines is 3. The Balaban J connectivity index is 1.61. The monoisotopic (exact) mass is 483 g/mol. The largest absolute Gasteiger partial charge is 0.383 e. The molecule has 174 valence electrons. The Bertz CT molecular complexity index is 1570. The third-order valence-corrected chi connectivity index (χ3v) is 5.79. The van der Waals surface area contributed by atoms with Crippen LogP contribution in [0.5, 0.6) is 0 Å². The van der Waals surface area contributed by atoms with Crippen LogP contribution in [0.15, 0.2) is 77.9 Å². The molecule has 2 aromatic heterocycles. The summed E-state index contributed by atoms with van der Waals surface area (Å²) < 4.78 is 1.45. The molecule has 3 aromatic carbocycles. The maximum Gasteiger partial charge on any atom is 0.261 e. The third-order valence-electron chi connectivity index (χ3n) is 5.53. The molecule has 8 nitrogen and oxygen atoms in total. The smallest absolute Gasteiger partial charge is 0.261 e. The summed E-state index contributed by atoms with van der Waals surface area (Å²) in [4.78, 5) is 24.7. The number of aromatic nitrogens is 3. The fourth-order valence-electron chi connectivity index (χ4n) is 3.70. The van der Waals surface area contributed by atoms with Gasteiger partial charge in [-0.05, 0) is 54.1 Å². The van der Waals surface area contributed by atoms with Crippen molar-refractivity contribution in [1.82, 2.24) is 14.6 Å². The van der Waals surface area contributed by atoms with Crippen molar-refractivity contribution in [3.63, 3.8) is 0 Å². The zero-order chi connectivity index (χ0) is 24.5. The Labute approximate surface area is 206 Å². The molecule has 0 fully saturated rings.